The Labute approximate surface area is 187 Å². The number of methoxy groups -OCH3 is 3. The molecule has 2 aromatic carbocycles. The Bertz CT molecular complexity index is 639. The van der Waals surface area contributed by atoms with E-state index in [0.29, 0.717) is 0 Å². The van der Waals surface area contributed by atoms with Crippen molar-refractivity contribution in [3.05, 3.63) is 51.1 Å². The summed E-state index contributed by atoms with van der Waals surface area (Å²) in [5, 5.41) is 0. The average Bonchev–Trinajstić information content (AvgIpc) is 2.52. The summed E-state index contributed by atoms with van der Waals surface area (Å²) < 4.78 is 16.9. The minimum absolute atomic E-state index is 0. The van der Waals surface area contributed by atoms with Gasteiger partial charge in [0.2, 0.25) is 0 Å². The van der Waals surface area contributed by atoms with E-state index >= 15 is 0 Å². The number of halogens is 1. The molecule has 112 valence electrons. The van der Waals surface area contributed by atoms with Crippen LogP contribution in [-0.4, -0.2) is 72.7 Å². The predicted molar refractivity (Wildman–Crippen MR) is 101 cm³/mol. The second kappa shape index (κ2) is 9.95. The molecule has 2 rings (SSSR count). The van der Waals surface area contributed by atoms with Crippen molar-refractivity contribution in [2.24, 2.45) is 0 Å². The third-order valence-electron chi connectivity index (χ3n) is 3.04. The summed E-state index contributed by atoms with van der Waals surface area (Å²) in [6, 6.07) is 11.9. The van der Waals surface area contributed by atoms with E-state index in [0.717, 1.165) is 31.9 Å². The van der Waals surface area contributed by atoms with Gasteiger partial charge in [-0.3, -0.25) is 0 Å². The molecule has 0 N–H and O–H groups in total. The minimum atomic E-state index is 0. The van der Waals surface area contributed by atoms with Gasteiger partial charge in [0.15, 0.2) is 11.5 Å². The van der Waals surface area contributed by atoms with Crippen molar-refractivity contribution in [1.29, 1.82) is 0 Å². The van der Waals surface area contributed by atoms with E-state index < -0.39 is 0 Å². The van der Waals surface area contributed by atoms with E-state index in [1.807, 2.05) is 36.4 Å². The molecule has 0 saturated carbocycles. The van der Waals surface area contributed by atoms with Gasteiger partial charge in [-0.05, 0) is 58.0 Å². The fourth-order valence-corrected chi connectivity index (χ4v) is 2.79. The van der Waals surface area contributed by atoms with Gasteiger partial charge in [0.25, 0.3) is 0 Å². The molecule has 22 heavy (non-hydrogen) atoms. The molecule has 0 amide bonds. The van der Waals surface area contributed by atoms with Crippen molar-refractivity contribution < 1.29 is 14.2 Å². The third kappa shape index (κ3) is 5.25. The number of benzene rings is 2. The summed E-state index contributed by atoms with van der Waals surface area (Å²) >= 11 is 2.24. The van der Waals surface area contributed by atoms with Gasteiger partial charge in [-0.1, -0.05) is 24.3 Å². The standard InChI is InChI=1S/C17H17IO3.K.H/c1-19-14-8-6-12(7-9-14)4-5-13-10-15(18)17(21-3)16(11-13)20-2;;/h4-11H,1-3H3;;. The fourth-order valence-electron chi connectivity index (χ4n) is 1.94. The van der Waals surface area contributed by atoms with E-state index in [1.165, 1.54) is 0 Å². The summed E-state index contributed by atoms with van der Waals surface area (Å²) in [5.74, 6) is 2.35. The molecular formula is C17H18IKO3. The van der Waals surface area contributed by atoms with Gasteiger partial charge >= 0.3 is 51.4 Å². The Balaban J connectivity index is 0.00000242. The van der Waals surface area contributed by atoms with Gasteiger partial charge in [0, 0.05) is 0 Å². The molecule has 0 aromatic heterocycles. The van der Waals surface area contributed by atoms with Crippen molar-refractivity contribution in [3.8, 4) is 17.2 Å². The molecule has 3 nitrogen and oxygen atoms in total. The molecule has 0 bridgehead atoms. The van der Waals surface area contributed by atoms with Gasteiger partial charge in [-0.25, -0.2) is 0 Å². The maximum atomic E-state index is 5.36. The first-order valence-electron chi connectivity index (χ1n) is 6.41. The SMILES string of the molecule is COc1ccc(C=Cc2cc(I)c(OC)c(OC)c2)cc1.[KH]. The fraction of sp³-hybridized carbons (Fsp3) is 0.176. The van der Waals surface area contributed by atoms with Crippen molar-refractivity contribution in [2.45, 2.75) is 0 Å². The molecule has 0 saturated heterocycles. The van der Waals surface area contributed by atoms with Crippen molar-refractivity contribution in [2.75, 3.05) is 21.3 Å². The van der Waals surface area contributed by atoms with Crippen LogP contribution in [0.4, 0.5) is 0 Å². The Morgan fingerprint density at radius 2 is 1.45 bits per heavy atom. The molecule has 0 spiro atoms. The Morgan fingerprint density at radius 3 is 2.00 bits per heavy atom. The van der Waals surface area contributed by atoms with Crippen molar-refractivity contribution >= 4 is 86.1 Å². The zero-order valence-electron chi connectivity index (χ0n) is 12.2. The predicted octanol–water partition coefficient (Wildman–Crippen LogP) is 3.84. The van der Waals surface area contributed by atoms with Crippen LogP contribution in [0.3, 0.4) is 0 Å². The zero-order chi connectivity index (χ0) is 15.2. The van der Waals surface area contributed by atoms with Gasteiger partial charge in [0.05, 0.1) is 24.9 Å². The topological polar surface area (TPSA) is 27.7 Å². The normalized spacial score (nSPS) is 10.2. The van der Waals surface area contributed by atoms with Crippen LogP contribution in [0.2, 0.25) is 0 Å². The monoisotopic (exact) mass is 436 g/mol. The molecule has 0 fully saturated rings. The van der Waals surface area contributed by atoms with Gasteiger partial charge < -0.3 is 14.2 Å². The first-order chi connectivity index (χ1) is 10.2. The maximum absolute atomic E-state index is 5.36. The van der Waals surface area contributed by atoms with Crippen LogP contribution >= 0.6 is 22.6 Å². The molecule has 0 unspecified atom stereocenters. The van der Waals surface area contributed by atoms with Crippen LogP contribution in [0.5, 0.6) is 17.2 Å². The molecule has 0 radical (unpaired) electrons. The molecule has 0 aliphatic heterocycles. The van der Waals surface area contributed by atoms with Crippen molar-refractivity contribution in [1.82, 2.24) is 0 Å². The summed E-state index contributed by atoms with van der Waals surface area (Å²) in [4.78, 5) is 0. The quantitative estimate of drug-likeness (QED) is 0.405. The third-order valence-corrected chi connectivity index (χ3v) is 3.84. The average molecular weight is 436 g/mol. The van der Waals surface area contributed by atoms with Crippen LogP contribution in [0.1, 0.15) is 11.1 Å². The molecular weight excluding hydrogens is 418 g/mol. The van der Waals surface area contributed by atoms with E-state index in [1.54, 1.807) is 21.3 Å². The Kier molecular flexibility index (Phi) is 9.04. The van der Waals surface area contributed by atoms with E-state index in [2.05, 4.69) is 34.7 Å². The van der Waals surface area contributed by atoms with Crippen LogP contribution in [0.25, 0.3) is 12.2 Å². The molecule has 0 aliphatic carbocycles. The van der Waals surface area contributed by atoms with Crippen molar-refractivity contribution in [3.63, 3.8) is 0 Å². The number of rotatable bonds is 5. The Hall–Kier alpha value is -0.0536. The summed E-state index contributed by atoms with van der Waals surface area (Å²) in [6.45, 7) is 0. The van der Waals surface area contributed by atoms with Gasteiger partial charge in [0.1, 0.15) is 5.75 Å². The Morgan fingerprint density at radius 1 is 0.818 bits per heavy atom. The van der Waals surface area contributed by atoms with Gasteiger partial charge in [-0.2, -0.15) is 0 Å². The first-order valence-corrected chi connectivity index (χ1v) is 7.49. The van der Waals surface area contributed by atoms with E-state index in [9.17, 15) is 0 Å². The first kappa shape index (κ1) is 20.0. The molecule has 2 aromatic rings. The molecule has 0 atom stereocenters. The summed E-state index contributed by atoms with van der Waals surface area (Å²) in [7, 11) is 4.95. The second-order valence-electron chi connectivity index (χ2n) is 4.34. The summed E-state index contributed by atoms with van der Waals surface area (Å²) in [6.07, 6.45) is 4.10. The number of hydrogen-bond acceptors (Lipinski definition) is 3. The zero-order valence-corrected chi connectivity index (χ0v) is 14.4. The molecule has 0 aliphatic rings. The molecule has 5 heteroatoms. The van der Waals surface area contributed by atoms with Gasteiger partial charge in [-0.15, -0.1) is 0 Å². The van der Waals surface area contributed by atoms with Crippen LogP contribution in [-0.2, 0) is 0 Å². The molecule has 0 heterocycles. The number of hydrogen-bond donors (Lipinski definition) is 0. The van der Waals surface area contributed by atoms with E-state index in [-0.39, 0.29) is 51.4 Å². The van der Waals surface area contributed by atoms with E-state index in [4.69, 9.17) is 14.2 Å². The summed E-state index contributed by atoms with van der Waals surface area (Å²) in [5.41, 5.74) is 2.17. The van der Waals surface area contributed by atoms with Crippen LogP contribution in [0, 0.1) is 3.57 Å². The van der Waals surface area contributed by atoms with Crippen LogP contribution in [0.15, 0.2) is 36.4 Å². The van der Waals surface area contributed by atoms with Crippen LogP contribution < -0.4 is 14.2 Å². The second-order valence-corrected chi connectivity index (χ2v) is 5.51. The number of ether oxygens (including phenoxy) is 3.